The van der Waals surface area contributed by atoms with E-state index in [2.05, 4.69) is 20.2 Å². The van der Waals surface area contributed by atoms with Gasteiger partial charge in [-0.15, -0.1) is 0 Å². The van der Waals surface area contributed by atoms with Crippen LogP contribution < -0.4 is 10.2 Å². The lowest BCUT2D eigenvalue weighted by Gasteiger charge is -2.32. The van der Waals surface area contributed by atoms with Gasteiger partial charge in [0, 0.05) is 37.3 Å². The van der Waals surface area contributed by atoms with Crippen molar-refractivity contribution < 1.29 is 12.8 Å². The molecule has 6 nitrogen and oxygen atoms in total. The summed E-state index contributed by atoms with van der Waals surface area (Å²) in [6.07, 6.45) is 3.06. The zero-order chi connectivity index (χ0) is 21.3. The van der Waals surface area contributed by atoms with Crippen molar-refractivity contribution in [1.29, 1.82) is 0 Å². The second-order valence-corrected chi connectivity index (χ2v) is 9.85. The summed E-state index contributed by atoms with van der Waals surface area (Å²) in [6, 6.07) is 12.0. The first kappa shape index (κ1) is 20.7. The zero-order valence-electron chi connectivity index (χ0n) is 17.1. The Morgan fingerprint density at radius 3 is 2.60 bits per heavy atom. The maximum atomic E-state index is 13.3. The van der Waals surface area contributed by atoms with Crippen LogP contribution in [0.5, 0.6) is 0 Å². The van der Waals surface area contributed by atoms with Crippen molar-refractivity contribution in [3.05, 3.63) is 59.5 Å². The Hall–Kier alpha value is -2.58. The number of nitrogens with zero attached hydrogens (tertiary/aromatic N) is 3. The van der Waals surface area contributed by atoms with Crippen LogP contribution in [0, 0.1) is 12.7 Å². The molecule has 0 radical (unpaired) electrons. The Morgan fingerprint density at radius 2 is 1.90 bits per heavy atom. The third-order valence-electron chi connectivity index (χ3n) is 5.54. The Morgan fingerprint density at radius 1 is 1.13 bits per heavy atom. The average Bonchev–Trinajstić information content (AvgIpc) is 2.71. The van der Waals surface area contributed by atoms with E-state index >= 15 is 0 Å². The average molecular weight is 429 g/mol. The highest BCUT2D eigenvalue weighted by atomic mass is 32.2. The lowest BCUT2D eigenvalue weighted by atomic mass is 10.0. The van der Waals surface area contributed by atoms with Gasteiger partial charge in [-0.3, -0.25) is 0 Å². The topological polar surface area (TPSA) is 75.2 Å². The van der Waals surface area contributed by atoms with Gasteiger partial charge in [-0.05, 0) is 55.7 Å². The highest BCUT2D eigenvalue weighted by molar-refractivity contribution is 7.90. The van der Waals surface area contributed by atoms with Gasteiger partial charge in [-0.1, -0.05) is 12.1 Å². The van der Waals surface area contributed by atoms with Gasteiger partial charge in [0.15, 0.2) is 9.84 Å². The van der Waals surface area contributed by atoms with Crippen LogP contribution >= 0.6 is 0 Å². The predicted molar refractivity (Wildman–Crippen MR) is 116 cm³/mol. The van der Waals surface area contributed by atoms with Gasteiger partial charge in [0.05, 0.1) is 16.1 Å². The second-order valence-electron chi connectivity index (χ2n) is 7.83. The first-order valence-electron chi connectivity index (χ1n) is 10.0. The smallest absolute Gasteiger partial charge is 0.226 e. The van der Waals surface area contributed by atoms with Gasteiger partial charge < -0.3 is 10.2 Å². The van der Waals surface area contributed by atoms with Crippen molar-refractivity contribution in [3.63, 3.8) is 0 Å². The molecule has 2 heterocycles. The lowest BCUT2D eigenvalue weighted by Crippen LogP contribution is -2.43. The molecule has 0 bridgehead atoms. The van der Waals surface area contributed by atoms with Crippen LogP contribution in [0.15, 0.2) is 47.4 Å². The molecule has 3 aromatic rings. The fourth-order valence-corrected chi connectivity index (χ4v) is 4.46. The summed E-state index contributed by atoms with van der Waals surface area (Å²) in [5.74, 6) is 0.418. The van der Waals surface area contributed by atoms with E-state index < -0.39 is 9.84 Å². The van der Waals surface area contributed by atoms with Crippen LogP contribution in [0.25, 0.3) is 10.9 Å². The molecule has 1 aromatic heterocycles. The molecule has 0 aliphatic carbocycles. The molecule has 0 unspecified atom stereocenters. The van der Waals surface area contributed by atoms with Crippen molar-refractivity contribution in [1.82, 2.24) is 15.3 Å². The highest BCUT2D eigenvalue weighted by Gasteiger charge is 2.22. The van der Waals surface area contributed by atoms with Gasteiger partial charge in [-0.2, -0.15) is 0 Å². The van der Waals surface area contributed by atoms with E-state index in [0.29, 0.717) is 24.1 Å². The van der Waals surface area contributed by atoms with E-state index in [4.69, 9.17) is 0 Å². The number of piperidine rings is 1. The van der Waals surface area contributed by atoms with E-state index in [-0.39, 0.29) is 10.7 Å². The van der Waals surface area contributed by atoms with Gasteiger partial charge in [0.2, 0.25) is 5.95 Å². The zero-order valence-corrected chi connectivity index (χ0v) is 17.9. The number of hydrogen-bond donors (Lipinski definition) is 1. The van der Waals surface area contributed by atoms with Gasteiger partial charge >= 0.3 is 0 Å². The first-order chi connectivity index (χ1) is 14.3. The molecule has 4 rings (SSSR count). The standard InChI is InChI=1S/C22H25FN4O2S/c1-15-20-7-6-19(30(2,28)29)13-21(20)26-22(25-15)27-10-8-18(9-11-27)24-14-16-4-3-5-17(23)12-16/h3-7,12-13,18,24H,8-11,14H2,1-2H3. The van der Waals surface area contributed by atoms with E-state index in [1.807, 2.05) is 13.0 Å². The summed E-state index contributed by atoms with van der Waals surface area (Å²) in [5, 5.41) is 4.36. The molecule has 1 aliphatic rings. The molecule has 30 heavy (non-hydrogen) atoms. The summed E-state index contributed by atoms with van der Waals surface area (Å²) in [6.45, 7) is 4.16. The number of sulfone groups is 1. The molecule has 158 valence electrons. The number of benzene rings is 2. The van der Waals surface area contributed by atoms with Crippen LogP contribution in [0.2, 0.25) is 0 Å². The number of nitrogens with one attached hydrogen (secondary N) is 1. The fraction of sp³-hybridized carbons (Fsp3) is 0.364. The fourth-order valence-electron chi connectivity index (χ4n) is 3.82. The molecule has 1 fully saturated rings. The normalized spacial score (nSPS) is 15.6. The van der Waals surface area contributed by atoms with Crippen molar-refractivity contribution in [2.45, 2.75) is 37.2 Å². The molecule has 1 N–H and O–H groups in total. The summed E-state index contributed by atoms with van der Waals surface area (Å²) in [5.41, 5.74) is 2.42. The Balaban J connectivity index is 1.45. The molecule has 1 saturated heterocycles. The number of aryl methyl sites for hydroxylation is 1. The maximum absolute atomic E-state index is 13.3. The number of halogens is 1. The Labute approximate surface area is 176 Å². The summed E-state index contributed by atoms with van der Waals surface area (Å²) in [4.78, 5) is 11.7. The highest BCUT2D eigenvalue weighted by Crippen LogP contribution is 2.24. The number of rotatable bonds is 5. The second kappa shape index (κ2) is 8.28. The maximum Gasteiger partial charge on any atom is 0.226 e. The van der Waals surface area contributed by atoms with Crippen LogP contribution in [0.1, 0.15) is 24.1 Å². The number of anilines is 1. The Bertz CT molecular complexity index is 1170. The number of fused-ring (bicyclic) bond motifs is 1. The molecular weight excluding hydrogens is 403 g/mol. The van der Waals surface area contributed by atoms with Crippen molar-refractivity contribution in [3.8, 4) is 0 Å². The molecule has 0 amide bonds. The monoisotopic (exact) mass is 428 g/mol. The van der Waals surface area contributed by atoms with Crippen LogP contribution in [0.3, 0.4) is 0 Å². The van der Waals surface area contributed by atoms with Crippen molar-refractivity contribution >= 4 is 26.7 Å². The minimum atomic E-state index is -3.29. The molecule has 0 atom stereocenters. The summed E-state index contributed by atoms with van der Waals surface area (Å²) >= 11 is 0. The summed E-state index contributed by atoms with van der Waals surface area (Å²) in [7, 11) is -3.29. The molecule has 0 saturated carbocycles. The van der Waals surface area contributed by atoms with Crippen molar-refractivity contribution in [2.24, 2.45) is 0 Å². The largest absolute Gasteiger partial charge is 0.341 e. The van der Waals surface area contributed by atoms with Gasteiger partial charge in [0.25, 0.3) is 0 Å². The van der Waals surface area contributed by atoms with Crippen LogP contribution in [0.4, 0.5) is 10.3 Å². The van der Waals surface area contributed by atoms with Gasteiger partial charge in [-0.25, -0.2) is 22.8 Å². The molecule has 1 aliphatic heterocycles. The minimum Gasteiger partial charge on any atom is -0.341 e. The molecular formula is C22H25FN4O2S. The first-order valence-corrected chi connectivity index (χ1v) is 11.9. The molecule has 0 spiro atoms. The minimum absolute atomic E-state index is 0.216. The predicted octanol–water partition coefficient (Wildman–Crippen LogP) is 3.24. The molecule has 2 aromatic carbocycles. The van der Waals surface area contributed by atoms with E-state index in [0.717, 1.165) is 42.6 Å². The van der Waals surface area contributed by atoms with Crippen molar-refractivity contribution in [2.75, 3.05) is 24.2 Å². The third kappa shape index (κ3) is 4.60. The quantitative estimate of drug-likeness (QED) is 0.673. The SMILES string of the molecule is Cc1nc(N2CCC(NCc3cccc(F)c3)CC2)nc2cc(S(C)(=O)=O)ccc12. The van der Waals surface area contributed by atoms with E-state index in [1.165, 1.54) is 12.3 Å². The lowest BCUT2D eigenvalue weighted by molar-refractivity contribution is 0.411. The van der Waals surface area contributed by atoms with E-state index in [1.54, 1.807) is 30.3 Å². The van der Waals surface area contributed by atoms with Gasteiger partial charge in [0.1, 0.15) is 5.82 Å². The third-order valence-corrected chi connectivity index (χ3v) is 6.65. The number of aromatic nitrogens is 2. The van der Waals surface area contributed by atoms with E-state index in [9.17, 15) is 12.8 Å². The molecule has 8 heteroatoms. The van der Waals surface area contributed by atoms with Crippen LogP contribution in [-0.2, 0) is 16.4 Å². The Kier molecular flexibility index (Phi) is 5.71. The number of hydrogen-bond acceptors (Lipinski definition) is 6. The summed E-state index contributed by atoms with van der Waals surface area (Å²) < 4.78 is 37.1. The van der Waals surface area contributed by atoms with Crippen LogP contribution in [-0.4, -0.2) is 43.8 Å².